The van der Waals surface area contributed by atoms with E-state index in [1.54, 1.807) is 6.92 Å². The van der Waals surface area contributed by atoms with Gasteiger partial charge < -0.3 is 5.73 Å². The van der Waals surface area contributed by atoms with E-state index in [1.165, 1.54) is 0 Å². The molecule has 1 aromatic rings. The largest absolute Gasteiger partial charge is 0.383 e. The van der Waals surface area contributed by atoms with Crippen molar-refractivity contribution in [3.05, 3.63) is 11.3 Å². The fraction of sp³-hybridized carbons (Fsp3) is 0.200. The molecule has 3 N–H and O–H groups in total. The van der Waals surface area contributed by atoms with Crippen LogP contribution in [0.2, 0.25) is 0 Å². The second-order valence-electron chi connectivity index (χ2n) is 1.75. The van der Waals surface area contributed by atoms with Crippen LogP contribution in [0, 0.1) is 6.92 Å². The van der Waals surface area contributed by atoms with Gasteiger partial charge in [-0.05, 0) is 6.92 Å². The third-order valence-corrected chi connectivity index (χ3v) is 1.14. The summed E-state index contributed by atoms with van der Waals surface area (Å²) in [5.41, 5.74) is 6.40. The molecule has 0 saturated heterocycles. The van der Waals surface area contributed by atoms with Crippen molar-refractivity contribution in [3.8, 4) is 0 Å². The molecule has 0 aliphatic carbocycles. The molecule has 0 unspecified atom stereocenters. The summed E-state index contributed by atoms with van der Waals surface area (Å²) in [5.74, 6) is 0.336. The Kier molecular flexibility index (Phi) is 1.22. The van der Waals surface area contributed by atoms with Gasteiger partial charge in [-0.2, -0.15) is 5.10 Å². The van der Waals surface area contributed by atoms with Gasteiger partial charge in [-0.1, -0.05) is 0 Å². The third kappa shape index (κ3) is 0.782. The van der Waals surface area contributed by atoms with Crippen molar-refractivity contribution >= 4 is 12.1 Å². The normalized spacial score (nSPS) is 9.44. The van der Waals surface area contributed by atoms with Gasteiger partial charge >= 0.3 is 0 Å². The van der Waals surface area contributed by atoms with Crippen LogP contribution < -0.4 is 5.73 Å². The number of aromatic nitrogens is 2. The predicted molar refractivity (Wildman–Crippen MR) is 33.1 cm³/mol. The highest BCUT2D eigenvalue weighted by atomic mass is 16.1. The Bertz CT molecular complexity index is 209. The average Bonchev–Trinajstić information content (AvgIpc) is 2.12. The first-order valence-electron chi connectivity index (χ1n) is 2.51. The Morgan fingerprint density at radius 2 is 2.44 bits per heavy atom. The average molecular weight is 125 g/mol. The summed E-state index contributed by atoms with van der Waals surface area (Å²) < 4.78 is 0. The topological polar surface area (TPSA) is 71.8 Å². The van der Waals surface area contributed by atoms with Crippen LogP contribution in [0.4, 0.5) is 5.82 Å². The number of aldehydes is 1. The first kappa shape index (κ1) is 5.81. The van der Waals surface area contributed by atoms with Crippen molar-refractivity contribution in [1.29, 1.82) is 0 Å². The Morgan fingerprint density at radius 3 is 2.67 bits per heavy atom. The number of hydrogen-bond acceptors (Lipinski definition) is 3. The number of hydrogen-bond donors (Lipinski definition) is 2. The molecule has 0 amide bonds. The van der Waals surface area contributed by atoms with E-state index in [0.717, 1.165) is 0 Å². The van der Waals surface area contributed by atoms with Crippen molar-refractivity contribution in [3.63, 3.8) is 0 Å². The molecule has 4 heteroatoms. The van der Waals surface area contributed by atoms with E-state index < -0.39 is 0 Å². The molecule has 0 bridgehead atoms. The zero-order valence-corrected chi connectivity index (χ0v) is 5.01. The van der Waals surface area contributed by atoms with E-state index in [0.29, 0.717) is 23.4 Å². The molecule has 0 saturated carbocycles. The lowest BCUT2D eigenvalue weighted by Gasteiger charge is -1.83. The molecule has 4 nitrogen and oxygen atoms in total. The highest BCUT2D eigenvalue weighted by Gasteiger charge is 2.02. The van der Waals surface area contributed by atoms with E-state index in [2.05, 4.69) is 10.2 Å². The van der Waals surface area contributed by atoms with Crippen molar-refractivity contribution in [2.24, 2.45) is 0 Å². The quantitative estimate of drug-likeness (QED) is 0.523. The van der Waals surface area contributed by atoms with E-state index in [4.69, 9.17) is 5.73 Å². The smallest absolute Gasteiger partial charge is 0.155 e. The number of rotatable bonds is 1. The second kappa shape index (κ2) is 1.89. The SMILES string of the molecule is Cc1n[nH]c(N)c1C=O. The summed E-state index contributed by atoms with van der Waals surface area (Å²) >= 11 is 0. The molecular weight excluding hydrogens is 118 g/mol. The number of H-pyrrole nitrogens is 1. The van der Waals surface area contributed by atoms with Crippen molar-refractivity contribution in [1.82, 2.24) is 10.2 Å². The highest BCUT2D eigenvalue weighted by molar-refractivity contribution is 5.82. The minimum absolute atomic E-state index is 0.336. The summed E-state index contributed by atoms with van der Waals surface area (Å²) in [6.45, 7) is 1.72. The Balaban J connectivity index is 3.22. The number of aromatic amines is 1. The molecule has 0 aliphatic rings. The number of aryl methyl sites for hydroxylation is 1. The van der Waals surface area contributed by atoms with Crippen molar-refractivity contribution in [2.45, 2.75) is 6.92 Å². The van der Waals surface area contributed by atoms with Crippen LogP contribution in [0.25, 0.3) is 0 Å². The van der Waals surface area contributed by atoms with Gasteiger partial charge in [0.15, 0.2) is 6.29 Å². The lowest BCUT2D eigenvalue weighted by Crippen LogP contribution is -1.89. The molecule has 1 rings (SSSR count). The number of nitrogens with two attached hydrogens (primary N) is 1. The van der Waals surface area contributed by atoms with Crippen molar-refractivity contribution < 1.29 is 4.79 Å². The van der Waals surface area contributed by atoms with Gasteiger partial charge in [0.25, 0.3) is 0 Å². The number of carbonyl (C=O) groups is 1. The number of nitrogens with one attached hydrogen (secondary N) is 1. The van der Waals surface area contributed by atoms with Gasteiger partial charge in [-0.15, -0.1) is 0 Å². The second-order valence-corrected chi connectivity index (χ2v) is 1.75. The summed E-state index contributed by atoms with van der Waals surface area (Å²) in [7, 11) is 0. The first-order valence-corrected chi connectivity index (χ1v) is 2.51. The Morgan fingerprint density at radius 1 is 1.78 bits per heavy atom. The van der Waals surface area contributed by atoms with Crippen LogP contribution in [0.15, 0.2) is 0 Å². The molecule has 48 valence electrons. The first-order chi connectivity index (χ1) is 4.25. The number of nitrogen functional groups attached to an aromatic ring is 1. The van der Waals surface area contributed by atoms with E-state index in [9.17, 15) is 4.79 Å². The molecule has 0 aliphatic heterocycles. The Labute approximate surface area is 52.1 Å². The molecular formula is C5H7N3O. The van der Waals surface area contributed by atoms with Gasteiger partial charge in [0.05, 0.1) is 11.3 Å². The maximum Gasteiger partial charge on any atom is 0.155 e. The zero-order chi connectivity index (χ0) is 6.85. The molecule has 0 spiro atoms. The number of carbonyl (C=O) groups excluding carboxylic acids is 1. The summed E-state index contributed by atoms with van der Waals surface area (Å²) in [4.78, 5) is 10.2. The van der Waals surface area contributed by atoms with Crippen LogP contribution in [0.3, 0.4) is 0 Å². The monoisotopic (exact) mass is 125 g/mol. The predicted octanol–water partition coefficient (Wildman–Crippen LogP) is 0.113. The standard InChI is InChI=1S/C5H7N3O/c1-3-4(2-9)5(6)8-7-3/h2H,1H3,(H3,6,7,8). The van der Waals surface area contributed by atoms with Gasteiger partial charge in [0, 0.05) is 0 Å². The minimum Gasteiger partial charge on any atom is -0.383 e. The summed E-state index contributed by atoms with van der Waals surface area (Å²) in [5, 5.41) is 6.19. The number of nitrogens with zero attached hydrogens (tertiary/aromatic N) is 1. The van der Waals surface area contributed by atoms with Gasteiger partial charge in [-0.25, -0.2) is 0 Å². The van der Waals surface area contributed by atoms with Gasteiger partial charge in [0.2, 0.25) is 0 Å². The zero-order valence-electron chi connectivity index (χ0n) is 5.01. The van der Waals surface area contributed by atoms with E-state index in [-0.39, 0.29) is 0 Å². The van der Waals surface area contributed by atoms with Gasteiger partial charge in [-0.3, -0.25) is 9.89 Å². The summed E-state index contributed by atoms with van der Waals surface area (Å²) in [6, 6.07) is 0. The lowest BCUT2D eigenvalue weighted by atomic mass is 10.3. The molecule has 9 heavy (non-hydrogen) atoms. The van der Waals surface area contributed by atoms with Gasteiger partial charge in [0.1, 0.15) is 5.82 Å². The van der Waals surface area contributed by atoms with Crippen LogP contribution >= 0.6 is 0 Å². The molecule has 0 fully saturated rings. The van der Waals surface area contributed by atoms with Crippen LogP contribution in [0.5, 0.6) is 0 Å². The van der Waals surface area contributed by atoms with Crippen LogP contribution in [-0.4, -0.2) is 16.5 Å². The van der Waals surface area contributed by atoms with Crippen LogP contribution in [-0.2, 0) is 0 Å². The Hall–Kier alpha value is -1.32. The lowest BCUT2D eigenvalue weighted by molar-refractivity contribution is 0.112. The fourth-order valence-electron chi connectivity index (χ4n) is 0.608. The van der Waals surface area contributed by atoms with E-state index in [1.807, 2.05) is 0 Å². The highest BCUT2D eigenvalue weighted by Crippen LogP contribution is 2.07. The van der Waals surface area contributed by atoms with E-state index >= 15 is 0 Å². The summed E-state index contributed by atoms with van der Waals surface area (Å²) in [6.07, 6.45) is 0.689. The van der Waals surface area contributed by atoms with Crippen molar-refractivity contribution in [2.75, 3.05) is 5.73 Å². The molecule has 0 atom stereocenters. The van der Waals surface area contributed by atoms with Crippen LogP contribution in [0.1, 0.15) is 16.1 Å². The molecule has 1 aromatic heterocycles. The number of anilines is 1. The molecule has 0 radical (unpaired) electrons. The maximum absolute atomic E-state index is 10.2. The minimum atomic E-state index is 0.336. The third-order valence-electron chi connectivity index (χ3n) is 1.14. The maximum atomic E-state index is 10.2. The fourth-order valence-corrected chi connectivity index (χ4v) is 0.608. The molecule has 0 aromatic carbocycles. The molecule has 1 heterocycles.